The highest BCUT2D eigenvalue weighted by Crippen LogP contribution is 2.41. The molecule has 1 fully saturated rings. The van der Waals surface area contributed by atoms with Crippen molar-refractivity contribution in [1.29, 1.82) is 5.41 Å². The minimum atomic E-state index is -0.173. The monoisotopic (exact) mass is 377 g/mol. The predicted molar refractivity (Wildman–Crippen MR) is 118 cm³/mol. The second kappa shape index (κ2) is 9.32. The summed E-state index contributed by atoms with van der Waals surface area (Å²) < 4.78 is 14.5. The first-order valence-corrected chi connectivity index (χ1v) is 10.7. The van der Waals surface area contributed by atoms with E-state index in [-0.39, 0.29) is 5.82 Å². The van der Waals surface area contributed by atoms with Gasteiger partial charge in [-0.05, 0) is 91.3 Å². The number of hydrogen-bond donors (Lipinski definition) is 1. The van der Waals surface area contributed by atoms with Gasteiger partial charge in [0.25, 0.3) is 0 Å². The van der Waals surface area contributed by atoms with E-state index in [0.29, 0.717) is 23.6 Å². The molecule has 2 heteroatoms. The molecule has 1 saturated carbocycles. The van der Waals surface area contributed by atoms with Crippen molar-refractivity contribution in [3.63, 3.8) is 0 Å². The summed E-state index contributed by atoms with van der Waals surface area (Å²) in [4.78, 5) is 0. The summed E-state index contributed by atoms with van der Waals surface area (Å²) in [6, 6.07) is 14.1. The Morgan fingerprint density at radius 3 is 2.36 bits per heavy atom. The molecule has 0 aromatic heterocycles. The molecular weight excluding hydrogens is 345 g/mol. The van der Waals surface area contributed by atoms with E-state index in [4.69, 9.17) is 5.41 Å². The maximum atomic E-state index is 14.5. The van der Waals surface area contributed by atoms with E-state index in [0.717, 1.165) is 55.2 Å². The van der Waals surface area contributed by atoms with Crippen molar-refractivity contribution >= 4 is 11.3 Å². The molecule has 1 aliphatic carbocycles. The number of benzene rings is 2. The van der Waals surface area contributed by atoms with Crippen molar-refractivity contribution in [2.24, 2.45) is 5.92 Å². The standard InChI is InChI=1S/C26H32FN/c1-4-7-20-8-6-9-21(16-20)11-15-25(28)26(22-12-13-22)18(3)23-17-19(5-2)10-14-24(23)27/h6,8-10,14,16-17,22,28H,4-5,7,11-13,15H2,1-3H3/b26-18+,28-25?. The lowest BCUT2D eigenvalue weighted by atomic mass is 9.90. The van der Waals surface area contributed by atoms with Crippen LogP contribution in [0.15, 0.2) is 48.0 Å². The van der Waals surface area contributed by atoms with Gasteiger partial charge in [-0.2, -0.15) is 0 Å². The van der Waals surface area contributed by atoms with Gasteiger partial charge in [-0.1, -0.05) is 50.6 Å². The van der Waals surface area contributed by atoms with Crippen molar-refractivity contribution < 1.29 is 4.39 Å². The number of hydrogen-bond acceptors (Lipinski definition) is 1. The van der Waals surface area contributed by atoms with Crippen LogP contribution in [0.3, 0.4) is 0 Å². The summed E-state index contributed by atoms with van der Waals surface area (Å²) in [6.07, 6.45) is 6.97. The number of nitrogens with one attached hydrogen (secondary N) is 1. The first-order chi connectivity index (χ1) is 13.5. The number of rotatable bonds is 9. The van der Waals surface area contributed by atoms with Gasteiger partial charge < -0.3 is 5.41 Å². The quantitative estimate of drug-likeness (QED) is 0.448. The summed E-state index contributed by atoms with van der Waals surface area (Å²) in [5.74, 6) is 0.261. The molecular formula is C26H32FN. The Labute approximate surface area is 169 Å². The Hall–Kier alpha value is -2.22. The molecule has 0 bridgehead atoms. The zero-order chi connectivity index (χ0) is 20.1. The first-order valence-electron chi connectivity index (χ1n) is 10.7. The molecule has 28 heavy (non-hydrogen) atoms. The van der Waals surface area contributed by atoms with Gasteiger partial charge in [0.2, 0.25) is 0 Å². The van der Waals surface area contributed by atoms with Gasteiger partial charge in [0, 0.05) is 11.3 Å². The van der Waals surface area contributed by atoms with Gasteiger partial charge in [-0.3, -0.25) is 0 Å². The minimum Gasteiger partial charge on any atom is -0.305 e. The third-order valence-electron chi connectivity index (χ3n) is 5.75. The average molecular weight is 378 g/mol. The van der Waals surface area contributed by atoms with Crippen LogP contribution in [0.1, 0.15) is 68.7 Å². The van der Waals surface area contributed by atoms with Gasteiger partial charge >= 0.3 is 0 Å². The van der Waals surface area contributed by atoms with Crippen molar-refractivity contribution in [2.45, 2.75) is 65.7 Å². The zero-order valence-electron chi connectivity index (χ0n) is 17.4. The molecule has 0 amide bonds. The maximum absolute atomic E-state index is 14.5. The highest BCUT2D eigenvalue weighted by Gasteiger charge is 2.30. The van der Waals surface area contributed by atoms with E-state index in [1.165, 1.54) is 11.1 Å². The summed E-state index contributed by atoms with van der Waals surface area (Å²) in [5.41, 5.74) is 7.21. The van der Waals surface area contributed by atoms with Crippen LogP contribution in [-0.2, 0) is 19.3 Å². The Balaban J connectivity index is 1.81. The van der Waals surface area contributed by atoms with E-state index in [1.807, 2.05) is 19.1 Å². The fraction of sp³-hybridized carbons (Fsp3) is 0.423. The molecule has 1 nitrogen and oxygen atoms in total. The van der Waals surface area contributed by atoms with Crippen molar-refractivity contribution in [3.05, 3.63) is 76.1 Å². The number of allylic oxidation sites excluding steroid dienone is 2. The van der Waals surface area contributed by atoms with Crippen LogP contribution >= 0.6 is 0 Å². The van der Waals surface area contributed by atoms with E-state index in [1.54, 1.807) is 6.07 Å². The van der Waals surface area contributed by atoms with Gasteiger partial charge in [-0.25, -0.2) is 4.39 Å². The van der Waals surface area contributed by atoms with Crippen LogP contribution in [0.5, 0.6) is 0 Å². The molecule has 0 aliphatic heterocycles. The van der Waals surface area contributed by atoms with Crippen LogP contribution in [0.4, 0.5) is 4.39 Å². The summed E-state index contributed by atoms with van der Waals surface area (Å²) in [7, 11) is 0. The highest BCUT2D eigenvalue weighted by atomic mass is 19.1. The molecule has 0 unspecified atom stereocenters. The SMILES string of the molecule is CCCc1cccc(CCC(=N)/C(=C(\C)c2cc(CC)ccc2F)C2CC2)c1. The molecule has 2 aromatic rings. The Morgan fingerprint density at radius 1 is 1.00 bits per heavy atom. The minimum absolute atomic E-state index is 0.173. The lowest BCUT2D eigenvalue weighted by molar-refractivity contribution is 0.623. The Morgan fingerprint density at radius 2 is 1.71 bits per heavy atom. The highest BCUT2D eigenvalue weighted by molar-refractivity contribution is 6.05. The van der Waals surface area contributed by atoms with Crippen molar-refractivity contribution in [3.8, 4) is 0 Å². The fourth-order valence-electron chi connectivity index (χ4n) is 4.01. The molecule has 2 aromatic carbocycles. The topological polar surface area (TPSA) is 23.9 Å². The fourth-order valence-corrected chi connectivity index (χ4v) is 4.01. The molecule has 3 rings (SSSR count). The van der Waals surface area contributed by atoms with Crippen LogP contribution in [0, 0.1) is 17.1 Å². The summed E-state index contributed by atoms with van der Waals surface area (Å²) >= 11 is 0. The van der Waals surface area contributed by atoms with Crippen LogP contribution in [0.25, 0.3) is 5.57 Å². The zero-order valence-corrected chi connectivity index (χ0v) is 17.4. The second-order valence-corrected chi connectivity index (χ2v) is 8.03. The second-order valence-electron chi connectivity index (χ2n) is 8.03. The van der Waals surface area contributed by atoms with E-state index in [9.17, 15) is 4.39 Å². The normalized spacial score (nSPS) is 14.7. The van der Waals surface area contributed by atoms with Gasteiger partial charge in [0.05, 0.1) is 0 Å². The largest absolute Gasteiger partial charge is 0.305 e. The molecule has 0 radical (unpaired) electrons. The smallest absolute Gasteiger partial charge is 0.130 e. The van der Waals surface area contributed by atoms with Crippen molar-refractivity contribution in [2.75, 3.05) is 0 Å². The van der Waals surface area contributed by atoms with Crippen LogP contribution in [-0.4, -0.2) is 5.71 Å². The molecule has 0 heterocycles. The Bertz CT molecular complexity index is 874. The van der Waals surface area contributed by atoms with E-state index >= 15 is 0 Å². The molecule has 0 saturated heterocycles. The predicted octanol–water partition coefficient (Wildman–Crippen LogP) is 7.18. The third-order valence-corrected chi connectivity index (χ3v) is 5.75. The van der Waals surface area contributed by atoms with Gasteiger partial charge in [0.1, 0.15) is 5.82 Å². The van der Waals surface area contributed by atoms with Crippen LogP contribution < -0.4 is 0 Å². The molecule has 1 N–H and O–H groups in total. The van der Waals surface area contributed by atoms with Gasteiger partial charge in [-0.15, -0.1) is 0 Å². The number of halogens is 1. The maximum Gasteiger partial charge on any atom is 0.130 e. The molecule has 1 aliphatic rings. The molecule has 148 valence electrons. The van der Waals surface area contributed by atoms with Crippen LogP contribution in [0.2, 0.25) is 0 Å². The lowest BCUT2D eigenvalue weighted by Crippen LogP contribution is -2.08. The molecule has 0 atom stereocenters. The Kier molecular flexibility index (Phi) is 6.83. The first kappa shape index (κ1) is 20.5. The summed E-state index contributed by atoms with van der Waals surface area (Å²) in [5, 5.41) is 8.77. The lowest BCUT2D eigenvalue weighted by Gasteiger charge is -2.15. The molecule has 0 spiro atoms. The van der Waals surface area contributed by atoms with E-state index < -0.39 is 0 Å². The number of aryl methyl sites for hydroxylation is 3. The van der Waals surface area contributed by atoms with Gasteiger partial charge in [0.15, 0.2) is 0 Å². The summed E-state index contributed by atoms with van der Waals surface area (Å²) in [6.45, 7) is 6.29. The average Bonchev–Trinajstić information content (AvgIpc) is 3.52. The third kappa shape index (κ3) is 4.98. The van der Waals surface area contributed by atoms with E-state index in [2.05, 4.69) is 38.1 Å². The van der Waals surface area contributed by atoms with Crippen molar-refractivity contribution in [1.82, 2.24) is 0 Å².